The fourth-order valence-corrected chi connectivity index (χ4v) is 3.38. The van der Waals surface area contributed by atoms with E-state index in [0.29, 0.717) is 5.91 Å². The highest BCUT2D eigenvalue weighted by Gasteiger charge is 2.29. The quantitative estimate of drug-likeness (QED) is 0.821. The van der Waals surface area contributed by atoms with Crippen LogP contribution in [-0.2, 0) is 4.79 Å². The average Bonchev–Trinajstić information content (AvgIpc) is 2.63. The number of hydrogen-bond acceptors (Lipinski definition) is 2. The minimum Gasteiger partial charge on any atom is -0.393 e. The van der Waals surface area contributed by atoms with Crippen molar-refractivity contribution in [3.8, 4) is 0 Å². The van der Waals surface area contributed by atoms with Crippen molar-refractivity contribution in [1.29, 1.82) is 0 Å². The first-order valence-corrected chi connectivity index (χ1v) is 7.67. The van der Waals surface area contributed by atoms with Crippen LogP contribution in [-0.4, -0.2) is 35.1 Å². The van der Waals surface area contributed by atoms with Gasteiger partial charge in [0.1, 0.15) is 0 Å². The topological polar surface area (TPSA) is 40.5 Å². The Morgan fingerprint density at radius 2 is 1.83 bits per heavy atom. The maximum absolute atomic E-state index is 12.5. The number of carbonyl (C=O) groups is 1. The van der Waals surface area contributed by atoms with Crippen molar-refractivity contribution in [2.75, 3.05) is 13.1 Å². The molecular formula is C15H27NO2. The van der Waals surface area contributed by atoms with Gasteiger partial charge in [0, 0.05) is 19.0 Å². The molecule has 1 amide bonds. The van der Waals surface area contributed by atoms with Crippen LogP contribution in [0.2, 0.25) is 0 Å². The van der Waals surface area contributed by atoms with Gasteiger partial charge in [-0.3, -0.25) is 4.79 Å². The Bertz CT molecular complexity index is 272. The van der Waals surface area contributed by atoms with Crippen molar-refractivity contribution < 1.29 is 9.90 Å². The Balaban J connectivity index is 1.83. The molecule has 0 radical (unpaired) electrons. The normalized spacial score (nSPS) is 34.1. The van der Waals surface area contributed by atoms with Crippen LogP contribution < -0.4 is 0 Å². The highest BCUT2D eigenvalue weighted by molar-refractivity contribution is 5.79. The third-order valence-corrected chi connectivity index (χ3v) is 4.78. The number of hydrogen-bond donors (Lipinski definition) is 1. The number of nitrogens with zero attached hydrogens (tertiary/aromatic N) is 1. The molecule has 0 aromatic heterocycles. The molecule has 18 heavy (non-hydrogen) atoms. The van der Waals surface area contributed by atoms with E-state index in [9.17, 15) is 9.90 Å². The van der Waals surface area contributed by atoms with Gasteiger partial charge in [-0.05, 0) is 50.9 Å². The Morgan fingerprint density at radius 1 is 1.11 bits per heavy atom. The Hall–Kier alpha value is -0.570. The SMILES string of the molecule is CCC1CCC(C(=O)N2CCC[C@H](O)CC2)CC1. The lowest BCUT2D eigenvalue weighted by molar-refractivity contribution is -0.136. The molecule has 1 aliphatic heterocycles. The van der Waals surface area contributed by atoms with Gasteiger partial charge >= 0.3 is 0 Å². The second-order valence-corrected chi connectivity index (χ2v) is 6.04. The zero-order chi connectivity index (χ0) is 13.0. The molecule has 3 nitrogen and oxygen atoms in total. The number of aliphatic hydroxyl groups is 1. The fraction of sp³-hybridized carbons (Fsp3) is 0.933. The summed E-state index contributed by atoms with van der Waals surface area (Å²) in [5.74, 6) is 1.47. The van der Waals surface area contributed by atoms with Crippen LogP contribution in [0, 0.1) is 11.8 Å². The summed E-state index contributed by atoms with van der Waals surface area (Å²) in [5.41, 5.74) is 0. The van der Waals surface area contributed by atoms with E-state index in [1.165, 1.54) is 19.3 Å². The van der Waals surface area contributed by atoms with Crippen LogP contribution in [0.4, 0.5) is 0 Å². The summed E-state index contributed by atoms with van der Waals surface area (Å²) in [5, 5.41) is 9.63. The Labute approximate surface area is 111 Å². The van der Waals surface area contributed by atoms with E-state index in [-0.39, 0.29) is 12.0 Å². The van der Waals surface area contributed by atoms with E-state index in [1.807, 2.05) is 4.90 Å². The van der Waals surface area contributed by atoms with Gasteiger partial charge in [0.15, 0.2) is 0 Å². The number of amides is 1. The van der Waals surface area contributed by atoms with Crippen molar-refractivity contribution in [3.63, 3.8) is 0 Å². The zero-order valence-corrected chi connectivity index (χ0v) is 11.6. The van der Waals surface area contributed by atoms with Gasteiger partial charge in [-0.25, -0.2) is 0 Å². The first-order chi connectivity index (χ1) is 8.70. The van der Waals surface area contributed by atoms with E-state index in [0.717, 1.165) is 51.1 Å². The molecule has 2 rings (SSSR count). The standard InChI is InChI=1S/C15H27NO2/c1-2-12-5-7-13(8-6-12)15(18)16-10-3-4-14(17)9-11-16/h12-14,17H,2-11H2,1H3/t12?,13?,14-/m0/s1. The molecule has 0 spiro atoms. The molecule has 104 valence electrons. The third-order valence-electron chi connectivity index (χ3n) is 4.78. The zero-order valence-electron chi connectivity index (χ0n) is 11.6. The minimum atomic E-state index is -0.196. The van der Waals surface area contributed by atoms with Gasteiger partial charge in [-0.2, -0.15) is 0 Å². The molecule has 1 atom stereocenters. The van der Waals surface area contributed by atoms with Gasteiger partial charge in [0.25, 0.3) is 0 Å². The number of likely N-dealkylation sites (tertiary alicyclic amines) is 1. The van der Waals surface area contributed by atoms with E-state index < -0.39 is 0 Å². The van der Waals surface area contributed by atoms with E-state index >= 15 is 0 Å². The largest absolute Gasteiger partial charge is 0.393 e. The molecular weight excluding hydrogens is 226 g/mol. The smallest absolute Gasteiger partial charge is 0.225 e. The van der Waals surface area contributed by atoms with Crippen LogP contribution in [0.25, 0.3) is 0 Å². The third kappa shape index (κ3) is 3.47. The van der Waals surface area contributed by atoms with Gasteiger partial charge in [-0.15, -0.1) is 0 Å². The lowest BCUT2D eigenvalue weighted by Gasteiger charge is -2.31. The summed E-state index contributed by atoms with van der Waals surface area (Å²) in [6.07, 6.45) is 8.24. The summed E-state index contributed by atoms with van der Waals surface area (Å²) >= 11 is 0. The molecule has 1 heterocycles. The summed E-state index contributed by atoms with van der Waals surface area (Å²) in [6.45, 7) is 3.86. The highest BCUT2D eigenvalue weighted by atomic mass is 16.3. The maximum Gasteiger partial charge on any atom is 0.225 e. The lowest BCUT2D eigenvalue weighted by atomic mass is 9.80. The monoisotopic (exact) mass is 253 g/mol. The Morgan fingerprint density at radius 3 is 2.50 bits per heavy atom. The molecule has 3 heteroatoms. The minimum absolute atomic E-state index is 0.196. The second-order valence-electron chi connectivity index (χ2n) is 6.04. The van der Waals surface area contributed by atoms with Crippen molar-refractivity contribution in [2.24, 2.45) is 11.8 Å². The molecule has 1 N–H and O–H groups in total. The molecule has 1 aliphatic carbocycles. The van der Waals surface area contributed by atoms with Gasteiger partial charge in [0.05, 0.1) is 6.10 Å². The molecule has 0 bridgehead atoms. The predicted octanol–water partition coefficient (Wildman–Crippen LogP) is 2.58. The van der Waals surface area contributed by atoms with Crippen molar-refractivity contribution in [3.05, 3.63) is 0 Å². The summed E-state index contributed by atoms with van der Waals surface area (Å²) < 4.78 is 0. The fourth-order valence-electron chi connectivity index (χ4n) is 3.38. The molecule has 0 aromatic rings. The number of carbonyl (C=O) groups excluding carboxylic acids is 1. The summed E-state index contributed by atoms with van der Waals surface area (Å²) in [7, 11) is 0. The van der Waals surface area contributed by atoms with Gasteiger partial charge in [0.2, 0.25) is 5.91 Å². The first-order valence-electron chi connectivity index (χ1n) is 7.67. The summed E-state index contributed by atoms with van der Waals surface area (Å²) in [6, 6.07) is 0. The molecule has 0 unspecified atom stereocenters. The highest BCUT2D eigenvalue weighted by Crippen LogP contribution is 2.32. The van der Waals surface area contributed by atoms with E-state index in [2.05, 4.69) is 6.92 Å². The second kappa shape index (κ2) is 6.55. The van der Waals surface area contributed by atoms with Crippen LogP contribution in [0.3, 0.4) is 0 Å². The molecule has 1 saturated carbocycles. The van der Waals surface area contributed by atoms with E-state index in [1.54, 1.807) is 0 Å². The van der Waals surface area contributed by atoms with Crippen molar-refractivity contribution in [1.82, 2.24) is 4.90 Å². The first kappa shape index (κ1) is 13.9. The van der Waals surface area contributed by atoms with Crippen LogP contribution in [0.5, 0.6) is 0 Å². The molecule has 0 aromatic carbocycles. The summed E-state index contributed by atoms with van der Waals surface area (Å²) in [4.78, 5) is 14.5. The molecule has 1 saturated heterocycles. The number of aliphatic hydroxyl groups excluding tert-OH is 1. The number of rotatable bonds is 2. The van der Waals surface area contributed by atoms with Crippen LogP contribution in [0.1, 0.15) is 58.3 Å². The predicted molar refractivity (Wildman–Crippen MR) is 72.2 cm³/mol. The molecule has 2 aliphatic rings. The van der Waals surface area contributed by atoms with Crippen molar-refractivity contribution in [2.45, 2.75) is 64.4 Å². The van der Waals surface area contributed by atoms with Crippen molar-refractivity contribution >= 4 is 5.91 Å². The lowest BCUT2D eigenvalue weighted by Crippen LogP contribution is -2.38. The Kier molecular flexibility index (Phi) is 5.04. The van der Waals surface area contributed by atoms with E-state index in [4.69, 9.17) is 0 Å². The average molecular weight is 253 g/mol. The molecule has 2 fully saturated rings. The van der Waals surface area contributed by atoms with Gasteiger partial charge < -0.3 is 10.0 Å². The van der Waals surface area contributed by atoms with Crippen LogP contribution >= 0.6 is 0 Å². The van der Waals surface area contributed by atoms with Crippen LogP contribution in [0.15, 0.2) is 0 Å². The maximum atomic E-state index is 12.5. The van der Waals surface area contributed by atoms with Gasteiger partial charge in [-0.1, -0.05) is 13.3 Å².